The molecule has 0 unspecified atom stereocenters. The van der Waals surface area contributed by atoms with Crippen LogP contribution in [0.3, 0.4) is 0 Å². The summed E-state index contributed by atoms with van der Waals surface area (Å²) in [6.07, 6.45) is 9.65. The third kappa shape index (κ3) is 2.76. The van der Waals surface area contributed by atoms with E-state index in [1.54, 1.807) is 0 Å². The summed E-state index contributed by atoms with van der Waals surface area (Å²) in [6.45, 7) is 1.15. The summed E-state index contributed by atoms with van der Waals surface area (Å²) in [5, 5.41) is 13.2. The van der Waals surface area contributed by atoms with Crippen LogP contribution in [-0.2, 0) is 12.8 Å². The molecule has 0 aromatic carbocycles. The minimum absolute atomic E-state index is 0.0823. The van der Waals surface area contributed by atoms with Gasteiger partial charge in [-0.3, -0.25) is 0 Å². The van der Waals surface area contributed by atoms with E-state index >= 15 is 0 Å². The van der Waals surface area contributed by atoms with E-state index in [2.05, 4.69) is 17.4 Å². The van der Waals surface area contributed by atoms with E-state index in [0.29, 0.717) is 6.61 Å². The number of aliphatic hydroxyl groups excluding tert-OH is 1. The number of hydrogen-bond acceptors (Lipinski definition) is 3. The number of nitrogens with zero attached hydrogens (tertiary/aromatic N) is 1. The molecule has 2 aliphatic rings. The van der Waals surface area contributed by atoms with Crippen LogP contribution in [-0.4, -0.2) is 23.2 Å². The molecule has 0 amide bonds. The lowest BCUT2D eigenvalue weighted by atomic mass is 9.74. The second kappa shape index (κ2) is 5.49. The Bertz CT molecular complexity index is 438. The summed E-state index contributed by atoms with van der Waals surface area (Å²) < 4.78 is 0. The fourth-order valence-electron chi connectivity index (χ4n) is 3.49. The molecule has 2 aliphatic carbocycles. The summed E-state index contributed by atoms with van der Waals surface area (Å²) >= 11 is 0. The molecule has 0 aliphatic heterocycles. The number of aliphatic hydroxyl groups is 1. The fraction of sp³-hybridized carbons (Fsp3) is 0.688. The van der Waals surface area contributed by atoms with Gasteiger partial charge >= 0.3 is 0 Å². The molecule has 0 atom stereocenters. The second-order valence-electron chi connectivity index (χ2n) is 6.23. The van der Waals surface area contributed by atoms with Gasteiger partial charge in [0.25, 0.3) is 0 Å². The normalized spacial score (nSPS) is 21.1. The molecule has 3 heteroatoms. The first kappa shape index (κ1) is 12.9. The number of rotatable bonds is 4. The van der Waals surface area contributed by atoms with Crippen LogP contribution in [0.4, 0.5) is 5.82 Å². The van der Waals surface area contributed by atoms with Gasteiger partial charge in [0, 0.05) is 17.7 Å². The molecular weight excluding hydrogens is 236 g/mol. The number of pyridine rings is 1. The highest BCUT2D eigenvalue weighted by Gasteiger charge is 2.31. The molecule has 0 saturated heterocycles. The van der Waals surface area contributed by atoms with Crippen molar-refractivity contribution in [3.8, 4) is 0 Å². The summed E-state index contributed by atoms with van der Waals surface area (Å²) in [6, 6.07) is 4.31. The van der Waals surface area contributed by atoms with Crippen LogP contribution in [0, 0.1) is 5.41 Å². The Morgan fingerprint density at radius 3 is 2.74 bits per heavy atom. The summed E-state index contributed by atoms with van der Waals surface area (Å²) in [5.41, 5.74) is 2.77. The quantitative estimate of drug-likeness (QED) is 0.875. The molecule has 1 aromatic rings. The predicted octanol–water partition coefficient (Wildman–Crippen LogP) is 2.93. The molecule has 1 aromatic heterocycles. The average molecular weight is 260 g/mol. The van der Waals surface area contributed by atoms with Gasteiger partial charge in [-0.1, -0.05) is 25.3 Å². The van der Waals surface area contributed by atoms with Crippen molar-refractivity contribution in [3.05, 3.63) is 23.4 Å². The Morgan fingerprint density at radius 1 is 1.11 bits per heavy atom. The Labute approximate surface area is 115 Å². The number of aryl methyl sites for hydroxylation is 2. The van der Waals surface area contributed by atoms with Crippen molar-refractivity contribution in [2.45, 2.75) is 51.4 Å². The van der Waals surface area contributed by atoms with E-state index in [1.165, 1.54) is 43.4 Å². The lowest BCUT2D eigenvalue weighted by molar-refractivity contribution is 0.0943. The van der Waals surface area contributed by atoms with Crippen LogP contribution in [0.25, 0.3) is 0 Å². The molecule has 0 spiro atoms. The number of hydrogen-bond donors (Lipinski definition) is 2. The maximum absolute atomic E-state index is 9.71. The number of fused-ring (bicyclic) bond motifs is 1. The fourth-order valence-corrected chi connectivity index (χ4v) is 3.49. The summed E-state index contributed by atoms with van der Waals surface area (Å²) in [7, 11) is 0. The van der Waals surface area contributed by atoms with Crippen LogP contribution in [0.15, 0.2) is 12.1 Å². The van der Waals surface area contributed by atoms with Gasteiger partial charge in [-0.15, -0.1) is 0 Å². The van der Waals surface area contributed by atoms with Crippen molar-refractivity contribution in [3.63, 3.8) is 0 Å². The molecule has 1 heterocycles. The molecule has 2 N–H and O–H groups in total. The Balaban J connectivity index is 1.65. The highest BCUT2D eigenvalue weighted by Crippen LogP contribution is 2.36. The summed E-state index contributed by atoms with van der Waals surface area (Å²) in [5.74, 6) is 0.985. The van der Waals surface area contributed by atoms with Crippen molar-refractivity contribution in [1.29, 1.82) is 0 Å². The zero-order chi connectivity index (χ0) is 13.1. The van der Waals surface area contributed by atoms with Gasteiger partial charge in [-0.25, -0.2) is 4.98 Å². The highest BCUT2D eigenvalue weighted by atomic mass is 16.3. The molecular formula is C16H24N2O. The van der Waals surface area contributed by atoms with E-state index in [0.717, 1.165) is 31.6 Å². The van der Waals surface area contributed by atoms with Gasteiger partial charge < -0.3 is 10.4 Å². The van der Waals surface area contributed by atoms with E-state index in [1.807, 2.05) is 0 Å². The zero-order valence-corrected chi connectivity index (χ0v) is 11.6. The van der Waals surface area contributed by atoms with Gasteiger partial charge in [-0.05, 0) is 43.7 Å². The Hall–Kier alpha value is -1.09. The van der Waals surface area contributed by atoms with Crippen LogP contribution >= 0.6 is 0 Å². The van der Waals surface area contributed by atoms with Crippen molar-refractivity contribution in [2.75, 3.05) is 18.5 Å². The van der Waals surface area contributed by atoms with Gasteiger partial charge in [0.05, 0.1) is 6.61 Å². The maximum Gasteiger partial charge on any atom is 0.126 e. The Morgan fingerprint density at radius 2 is 1.95 bits per heavy atom. The van der Waals surface area contributed by atoms with Crippen LogP contribution in [0.1, 0.15) is 49.8 Å². The molecule has 19 heavy (non-hydrogen) atoms. The van der Waals surface area contributed by atoms with E-state index in [4.69, 9.17) is 4.98 Å². The van der Waals surface area contributed by atoms with E-state index < -0.39 is 0 Å². The molecule has 0 bridgehead atoms. The van der Waals surface area contributed by atoms with Crippen molar-refractivity contribution in [1.82, 2.24) is 4.98 Å². The molecule has 104 valence electrons. The number of anilines is 1. The zero-order valence-electron chi connectivity index (χ0n) is 11.6. The van der Waals surface area contributed by atoms with Crippen molar-refractivity contribution in [2.24, 2.45) is 5.41 Å². The third-order valence-electron chi connectivity index (χ3n) is 4.82. The minimum Gasteiger partial charge on any atom is -0.396 e. The maximum atomic E-state index is 9.71. The first-order valence-corrected chi connectivity index (χ1v) is 7.65. The molecule has 3 nitrogen and oxygen atoms in total. The minimum atomic E-state index is 0.0823. The van der Waals surface area contributed by atoms with Gasteiger partial charge in [0.2, 0.25) is 0 Å². The van der Waals surface area contributed by atoms with Gasteiger partial charge in [0.1, 0.15) is 5.82 Å². The van der Waals surface area contributed by atoms with Gasteiger partial charge in [0.15, 0.2) is 0 Å². The van der Waals surface area contributed by atoms with Crippen LogP contribution in [0.2, 0.25) is 0 Å². The molecule has 0 radical (unpaired) electrons. The SMILES string of the molecule is OCC1(CNc2ccc3c(n2)CCC3)CCCCC1. The standard InChI is InChI=1S/C16H24N2O/c19-12-16(9-2-1-3-10-16)11-17-15-8-7-13-5-4-6-14(13)18-15/h7-8,19H,1-6,9-12H2,(H,17,18). The molecule has 1 saturated carbocycles. The topological polar surface area (TPSA) is 45.1 Å². The predicted molar refractivity (Wildman–Crippen MR) is 77.4 cm³/mol. The third-order valence-corrected chi connectivity index (χ3v) is 4.82. The van der Waals surface area contributed by atoms with Crippen LogP contribution in [0.5, 0.6) is 0 Å². The highest BCUT2D eigenvalue weighted by molar-refractivity contribution is 5.40. The lowest BCUT2D eigenvalue weighted by Crippen LogP contribution is -2.35. The van der Waals surface area contributed by atoms with Crippen molar-refractivity contribution >= 4 is 5.82 Å². The van der Waals surface area contributed by atoms with Crippen LogP contribution < -0.4 is 5.32 Å². The van der Waals surface area contributed by atoms with E-state index in [9.17, 15) is 5.11 Å². The first-order chi connectivity index (χ1) is 9.31. The van der Waals surface area contributed by atoms with Gasteiger partial charge in [-0.2, -0.15) is 0 Å². The largest absolute Gasteiger partial charge is 0.396 e. The lowest BCUT2D eigenvalue weighted by Gasteiger charge is -2.35. The molecule has 1 fully saturated rings. The molecule has 3 rings (SSSR count). The van der Waals surface area contributed by atoms with E-state index in [-0.39, 0.29) is 5.41 Å². The summed E-state index contributed by atoms with van der Waals surface area (Å²) in [4.78, 5) is 4.71. The Kier molecular flexibility index (Phi) is 3.74. The number of aromatic nitrogens is 1. The van der Waals surface area contributed by atoms with Crippen molar-refractivity contribution < 1.29 is 5.11 Å². The average Bonchev–Trinajstić information content (AvgIpc) is 2.93. The second-order valence-corrected chi connectivity index (χ2v) is 6.23. The first-order valence-electron chi connectivity index (χ1n) is 7.65. The smallest absolute Gasteiger partial charge is 0.126 e. The monoisotopic (exact) mass is 260 g/mol. The number of nitrogens with one attached hydrogen (secondary N) is 1.